The lowest BCUT2D eigenvalue weighted by Crippen LogP contribution is -2.47. The molecule has 1 saturated heterocycles. The quantitative estimate of drug-likeness (QED) is 0.707. The molecule has 1 fully saturated rings. The van der Waals surface area contributed by atoms with E-state index >= 15 is 0 Å². The van der Waals surface area contributed by atoms with Gasteiger partial charge in [-0.05, 0) is 55.3 Å². The van der Waals surface area contributed by atoms with Crippen LogP contribution in [-0.2, 0) is 0 Å². The largest absolute Gasteiger partial charge is 0.495 e. The highest BCUT2D eigenvalue weighted by Crippen LogP contribution is 2.29. The smallest absolute Gasteiger partial charge is 0.229 e. The van der Waals surface area contributed by atoms with Crippen LogP contribution >= 0.6 is 0 Å². The number of ether oxygens (including phenoxy) is 1. The molecular formula is C23H27N5O. The fourth-order valence-corrected chi connectivity index (χ4v) is 3.83. The first kappa shape index (κ1) is 19.1. The van der Waals surface area contributed by atoms with Gasteiger partial charge in [-0.15, -0.1) is 0 Å². The third-order valence-electron chi connectivity index (χ3n) is 5.15. The van der Waals surface area contributed by atoms with Crippen LogP contribution in [0.2, 0.25) is 0 Å². The van der Waals surface area contributed by atoms with Gasteiger partial charge in [0.15, 0.2) is 0 Å². The number of rotatable bonds is 5. The van der Waals surface area contributed by atoms with Crippen LogP contribution in [0.3, 0.4) is 0 Å². The zero-order valence-electron chi connectivity index (χ0n) is 17.2. The molecule has 4 rings (SSSR count). The van der Waals surface area contributed by atoms with Crippen LogP contribution in [0, 0.1) is 13.8 Å². The number of anilines is 4. The number of nitrogens with one attached hydrogen (secondary N) is 1. The zero-order valence-corrected chi connectivity index (χ0v) is 17.2. The number of piperazine rings is 1. The second-order valence-electron chi connectivity index (χ2n) is 7.39. The molecule has 0 aliphatic carbocycles. The van der Waals surface area contributed by atoms with Crippen molar-refractivity contribution in [3.63, 3.8) is 0 Å². The number of benzene rings is 2. The first-order valence-electron chi connectivity index (χ1n) is 9.93. The van der Waals surface area contributed by atoms with Gasteiger partial charge in [0.2, 0.25) is 5.95 Å². The lowest BCUT2D eigenvalue weighted by molar-refractivity contribution is 0.413. The molecule has 0 atom stereocenters. The van der Waals surface area contributed by atoms with Crippen molar-refractivity contribution in [1.29, 1.82) is 0 Å². The van der Waals surface area contributed by atoms with Crippen molar-refractivity contribution >= 4 is 23.1 Å². The van der Waals surface area contributed by atoms with Crippen molar-refractivity contribution in [1.82, 2.24) is 9.97 Å². The monoisotopic (exact) mass is 389 g/mol. The molecule has 150 valence electrons. The number of hydrogen-bond acceptors (Lipinski definition) is 6. The van der Waals surface area contributed by atoms with E-state index in [4.69, 9.17) is 9.72 Å². The van der Waals surface area contributed by atoms with E-state index in [1.807, 2.05) is 24.4 Å². The summed E-state index contributed by atoms with van der Waals surface area (Å²) < 4.78 is 5.51. The van der Waals surface area contributed by atoms with Crippen molar-refractivity contribution in [2.45, 2.75) is 13.8 Å². The van der Waals surface area contributed by atoms with Gasteiger partial charge in [-0.3, -0.25) is 0 Å². The van der Waals surface area contributed by atoms with Gasteiger partial charge in [0.1, 0.15) is 11.6 Å². The highest BCUT2D eigenvalue weighted by molar-refractivity contribution is 5.60. The maximum atomic E-state index is 5.51. The molecule has 0 saturated carbocycles. The summed E-state index contributed by atoms with van der Waals surface area (Å²) in [7, 11) is 1.72. The molecule has 0 unspecified atom stereocenters. The van der Waals surface area contributed by atoms with Crippen LogP contribution in [0.5, 0.6) is 5.75 Å². The van der Waals surface area contributed by atoms with E-state index in [0.717, 1.165) is 49.1 Å². The van der Waals surface area contributed by atoms with Gasteiger partial charge in [-0.1, -0.05) is 18.2 Å². The Morgan fingerprint density at radius 2 is 1.59 bits per heavy atom. The Hall–Kier alpha value is -3.28. The molecule has 1 N–H and O–H groups in total. The van der Waals surface area contributed by atoms with Crippen LogP contribution < -0.4 is 19.9 Å². The number of para-hydroxylation sites is 2. The number of hydrogen-bond donors (Lipinski definition) is 1. The molecule has 0 bridgehead atoms. The first-order valence-corrected chi connectivity index (χ1v) is 9.93. The van der Waals surface area contributed by atoms with Gasteiger partial charge in [0, 0.05) is 38.1 Å². The van der Waals surface area contributed by atoms with E-state index in [9.17, 15) is 0 Å². The third kappa shape index (κ3) is 4.42. The average molecular weight is 390 g/mol. The van der Waals surface area contributed by atoms with Crippen molar-refractivity contribution in [3.8, 4) is 5.75 Å². The summed E-state index contributed by atoms with van der Waals surface area (Å²) in [6.45, 7) is 7.83. The fraction of sp³-hybridized carbons (Fsp3) is 0.304. The van der Waals surface area contributed by atoms with Crippen molar-refractivity contribution in [2.75, 3.05) is 48.4 Å². The highest BCUT2D eigenvalue weighted by atomic mass is 16.5. The van der Waals surface area contributed by atoms with Gasteiger partial charge in [-0.25, -0.2) is 4.98 Å². The lowest BCUT2D eigenvalue weighted by atomic mass is 10.1. The van der Waals surface area contributed by atoms with Gasteiger partial charge in [0.05, 0.1) is 12.8 Å². The Bertz CT molecular complexity index is 962. The summed E-state index contributed by atoms with van der Waals surface area (Å²) in [4.78, 5) is 13.8. The van der Waals surface area contributed by atoms with E-state index in [1.54, 1.807) is 7.11 Å². The van der Waals surface area contributed by atoms with Crippen molar-refractivity contribution < 1.29 is 4.74 Å². The second kappa shape index (κ2) is 8.39. The minimum atomic E-state index is 0.625. The Balaban J connectivity index is 1.44. The molecule has 3 aromatic rings. The van der Waals surface area contributed by atoms with Gasteiger partial charge in [-0.2, -0.15) is 4.98 Å². The van der Waals surface area contributed by atoms with Crippen molar-refractivity contribution in [2.24, 2.45) is 0 Å². The van der Waals surface area contributed by atoms with Crippen LogP contribution in [0.1, 0.15) is 11.1 Å². The van der Waals surface area contributed by atoms with Crippen LogP contribution in [0.25, 0.3) is 0 Å². The Labute approximate surface area is 172 Å². The SMILES string of the molecule is COc1ccccc1N1CCN(c2ccnc(Nc3cc(C)cc(C)c3)n2)CC1. The molecule has 2 heterocycles. The first-order chi connectivity index (χ1) is 14.1. The average Bonchev–Trinajstić information content (AvgIpc) is 2.73. The summed E-state index contributed by atoms with van der Waals surface area (Å²) in [5, 5.41) is 3.34. The summed E-state index contributed by atoms with van der Waals surface area (Å²) in [6.07, 6.45) is 1.82. The maximum Gasteiger partial charge on any atom is 0.229 e. The lowest BCUT2D eigenvalue weighted by Gasteiger charge is -2.37. The standard InChI is InChI=1S/C23H27N5O/c1-17-14-18(2)16-19(15-17)25-23-24-9-8-22(26-23)28-12-10-27(11-13-28)20-6-4-5-7-21(20)29-3/h4-9,14-16H,10-13H2,1-3H3,(H,24,25,26). The summed E-state index contributed by atoms with van der Waals surface area (Å²) in [5.41, 5.74) is 4.60. The van der Waals surface area contributed by atoms with Crippen LogP contribution in [-0.4, -0.2) is 43.3 Å². The topological polar surface area (TPSA) is 53.5 Å². The fourth-order valence-electron chi connectivity index (χ4n) is 3.83. The Morgan fingerprint density at radius 1 is 0.897 bits per heavy atom. The van der Waals surface area contributed by atoms with Gasteiger partial charge < -0.3 is 19.9 Å². The van der Waals surface area contributed by atoms with Gasteiger partial charge >= 0.3 is 0 Å². The second-order valence-corrected chi connectivity index (χ2v) is 7.39. The molecule has 1 aliphatic heterocycles. The van der Waals surface area contributed by atoms with Crippen LogP contribution in [0.15, 0.2) is 54.7 Å². The molecule has 6 nitrogen and oxygen atoms in total. The molecule has 1 aliphatic rings. The van der Waals surface area contributed by atoms with Crippen LogP contribution in [0.4, 0.5) is 23.1 Å². The zero-order chi connectivity index (χ0) is 20.2. The number of nitrogens with zero attached hydrogens (tertiary/aromatic N) is 4. The number of methoxy groups -OCH3 is 1. The molecular weight excluding hydrogens is 362 g/mol. The molecule has 6 heteroatoms. The highest BCUT2D eigenvalue weighted by Gasteiger charge is 2.20. The van der Waals surface area contributed by atoms with E-state index in [0.29, 0.717) is 5.95 Å². The van der Waals surface area contributed by atoms with E-state index in [2.05, 4.69) is 64.3 Å². The molecule has 0 spiro atoms. The molecule has 2 aromatic carbocycles. The molecule has 29 heavy (non-hydrogen) atoms. The summed E-state index contributed by atoms with van der Waals surface area (Å²) in [6, 6.07) is 16.5. The minimum Gasteiger partial charge on any atom is -0.495 e. The van der Waals surface area contributed by atoms with E-state index in [-0.39, 0.29) is 0 Å². The van der Waals surface area contributed by atoms with Crippen molar-refractivity contribution in [3.05, 3.63) is 65.9 Å². The summed E-state index contributed by atoms with van der Waals surface area (Å²) >= 11 is 0. The Kier molecular flexibility index (Phi) is 5.51. The maximum absolute atomic E-state index is 5.51. The molecule has 0 radical (unpaired) electrons. The Morgan fingerprint density at radius 3 is 2.31 bits per heavy atom. The normalized spacial score (nSPS) is 14.0. The summed E-state index contributed by atoms with van der Waals surface area (Å²) in [5.74, 6) is 2.49. The predicted octanol–water partition coefficient (Wildman–Crippen LogP) is 4.17. The molecule has 1 aromatic heterocycles. The van der Waals surface area contributed by atoms with E-state index < -0.39 is 0 Å². The van der Waals surface area contributed by atoms with E-state index in [1.165, 1.54) is 11.1 Å². The predicted molar refractivity (Wildman–Crippen MR) is 119 cm³/mol. The number of aromatic nitrogens is 2. The van der Waals surface area contributed by atoms with Gasteiger partial charge in [0.25, 0.3) is 0 Å². The minimum absolute atomic E-state index is 0.625. The number of aryl methyl sites for hydroxylation is 2. The molecule has 0 amide bonds. The third-order valence-corrected chi connectivity index (χ3v) is 5.15.